The molecule has 0 atom stereocenters. The first-order valence-electron chi connectivity index (χ1n) is 3.87. The first-order valence-corrected chi connectivity index (χ1v) is 3.87. The molecule has 0 spiro atoms. The standard InChI is InChI=1S/C7H6N2.5CO.Cr/c1-2-4-7-6(3-1)5-8-9-7;5*1-2;/h1-5H,(H,8,9);;;;;;. The van der Waals surface area contributed by atoms with Crippen molar-refractivity contribution in [2.24, 2.45) is 0 Å². The molecule has 2 aromatic rings. The minimum atomic E-state index is 0. The van der Waals surface area contributed by atoms with Gasteiger partial charge in [0, 0.05) is 22.7 Å². The number of aromatic nitrogens is 2. The van der Waals surface area contributed by atoms with E-state index in [0.717, 1.165) is 10.9 Å². The number of H-pyrrole nitrogens is 1. The monoisotopic (exact) mass is 310 g/mol. The van der Waals surface area contributed by atoms with Crippen LogP contribution >= 0.6 is 0 Å². The zero-order valence-electron chi connectivity index (χ0n) is 9.78. The Balaban J connectivity index is -0.0000000593. The Labute approximate surface area is 126 Å². The van der Waals surface area contributed by atoms with E-state index >= 15 is 0 Å². The van der Waals surface area contributed by atoms with E-state index in [9.17, 15) is 0 Å². The summed E-state index contributed by atoms with van der Waals surface area (Å²) in [4.78, 5) is 0. The van der Waals surface area contributed by atoms with E-state index in [2.05, 4.69) is 43.4 Å². The Morgan fingerprint density at radius 2 is 1.15 bits per heavy atom. The van der Waals surface area contributed by atoms with Gasteiger partial charge in [-0.3, -0.25) is 5.10 Å². The van der Waals surface area contributed by atoms with Crippen LogP contribution in [-0.4, -0.2) is 10.2 Å². The van der Waals surface area contributed by atoms with E-state index in [1.165, 1.54) is 0 Å². The summed E-state index contributed by atoms with van der Waals surface area (Å²) in [5.74, 6) is 0. The van der Waals surface area contributed by atoms with E-state index in [0.29, 0.717) is 0 Å². The molecule has 8 heteroatoms. The van der Waals surface area contributed by atoms with Gasteiger partial charge in [-0.1, -0.05) is 18.2 Å². The van der Waals surface area contributed by atoms with Gasteiger partial charge >= 0.3 is 56.5 Å². The second-order valence-corrected chi connectivity index (χ2v) is 1.96. The topological polar surface area (TPSA) is 128 Å². The second kappa shape index (κ2) is 36.0. The maximum absolute atomic E-state index is 7.50. The van der Waals surface area contributed by atoms with Crippen LogP contribution in [0.1, 0.15) is 0 Å². The van der Waals surface area contributed by atoms with Crippen molar-refractivity contribution in [1.82, 2.24) is 10.2 Å². The van der Waals surface area contributed by atoms with Crippen LogP contribution in [0.3, 0.4) is 0 Å². The van der Waals surface area contributed by atoms with Gasteiger partial charge in [0.15, 0.2) is 0 Å². The predicted molar refractivity (Wildman–Crippen MR) is 55.7 cm³/mol. The first-order chi connectivity index (χ1) is 9.47. The fraction of sp³-hybridized carbons (Fsp3) is 0. The zero-order chi connectivity index (χ0) is 16.1. The van der Waals surface area contributed by atoms with Crippen molar-refractivity contribution in [3.05, 3.63) is 63.7 Å². The van der Waals surface area contributed by atoms with E-state index in [1.54, 1.807) is 0 Å². The summed E-state index contributed by atoms with van der Waals surface area (Å²) in [6.07, 6.45) is 1.81. The zero-order valence-corrected chi connectivity index (χ0v) is 11.1. The molecule has 0 fully saturated rings. The molecular weight excluding hydrogens is 304 g/mol. The molecule has 0 aliphatic rings. The van der Waals surface area contributed by atoms with Gasteiger partial charge in [-0.2, -0.15) is 5.10 Å². The first kappa shape index (κ1) is 30.7. The second-order valence-electron chi connectivity index (χ2n) is 1.96. The molecule has 0 unspecified atom stereocenters. The van der Waals surface area contributed by atoms with Crippen LogP contribution in [0.2, 0.25) is 0 Å². The van der Waals surface area contributed by atoms with E-state index in [-0.39, 0.29) is 17.4 Å². The van der Waals surface area contributed by atoms with Gasteiger partial charge in [0.1, 0.15) is 0 Å². The van der Waals surface area contributed by atoms with Crippen molar-refractivity contribution in [2.75, 3.05) is 0 Å². The molecule has 0 saturated carbocycles. The summed E-state index contributed by atoms with van der Waals surface area (Å²) in [7, 11) is 0. The summed E-state index contributed by atoms with van der Waals surface area (Å²) in [5, 5.41) is 7.91. The van der Waals surface area contributed by atoms with Gasteiger partial charge in [0.25, 0.3) is 0 Å². The Morgan fingerprint density at radius 1 is 0.750 bits per heavy atom. The van der Waals surface area contributed by atoms with Crippen LogP contribution in [0.25, 0.3) is 10.9 Å². The molecule has 2 rings (SSSR count). The smallest absolute Gasteiger partial charge is 0.0650 e. The summed E-state index contributed by atoms with van der Waals surface area (Å²) in [6, 6.07) is 8.01. The molecule has 100 valence electrons. The number of nitrogens with one attached hydrogen (secondary N) is 1. The predicted octanol–water partition coefficient (Wildman–Crippen LogP) is 1.37. The normalized spacial score (nSPS) is 5.10. The van der Waals surface area contributed by atoms with Crippen molar-refractivity contribution in [1.29, 1.82) is 0 Å². The third-order valence-electron chi connectivity index (χ3n) is 1.35. The van der Waals surface area contributed by atoms with Crippen LogP contribution in [0.5, 0.6) is 0 Å². The average Bonchev–Trinajstić information content (AvgIpc) is 3.05. The Hall–Kier alpha value is -2.08. The Morgan fingerprint density at radius 3 is 1.55 bits per heavy atom. The van der Waals surface area contributed by atoms with Crippen molar-refractivity contribution in [3.8, 4) is 0 Å². The Bertz CT molecular complexity index is 448. The van der Waals surface area contributed by atoms with E-state index < -0.39 is 0 Å². The number of nitrogens with zero attached hydrogens (tertiary/aromatic N) is 1. The fourth-order valence-corrected chi connectivity index (χ4v) is 0.883. The number of hydrogen-bond donors (Lipinski definition) is 1. The molecule has 20 heavy (non-hydrogen) atoms. The van der Waals surface area contributed by atoms with Crippen LogP contribution < -0.4 is 0 Å². The third kappa shape index (κ3) is 15.9. The molecule has 1 N–H and O–H groups in total. The molecule has 7 nitrogen and oxygen atoms in total. The number of rotatable bonds is 0. The van der Waals surface area contributed by atoms with Crippen LogP contribution in [0, 0.1) is 33.3 Å². The van der Waals surface area contributed by atoms with Gasteiger partial charge < -0.3 is 0 Å². The van der Waals surface area contributed by atoms with E-state index in [1.807, 2.05) is 30.5 Å². The Kier molecular flexibility index (Phi) is 55.3. The molecule has 0 saturated heterocycles. The third-order valence-corrected chi connectivity index (χ3v) is 1.35. The number of para-hydroxylation sites is 1. The molecule has 0 aliphatic heterocycles. The number of benzene rings is 1. The summed E-state index contributed by atoms with van der Waals surface area (Å²) < 4.78 is 37.5. The molecule has 0 radical (unpaired) electrons. The van der Waals surface area contributed by atoms with Gasteiger partial charge in [-0.05, 0) is 6.07 Å². The van der Waals surface area contributed by atoms with Gasteiger partial charge in [-0.15, -0.1) is 0 Å². The van der Waals surface area contributed by atoms with Crippen LogP contribution in [0.4, 0.5) is 0 Å². The fourth-order valence-electron chi connectivity index (χ4n) is 0.883. The van der Waals surface area contributed by atoms with Crippen molar-refractivity contribution in [3.63, 3.8) is 0 Å². The van der Waals surface area contributed by atoms with E-state index in [4.69, 9.17) is 23.3 Å². The average molecular weight is 310 g/mol. The van der Waals surface area contributed by atoms with Crippen LogP contribution in [-0.2, 0) is 40.6 Å². The summed E-state index contributed by atoms with van der Waals surface area (Å²) in [6.45, 7) is 22.5. The largest absolute Gasteiger partial charge is 0.278 e. The maximum Gasteiger partial charge on any atom is 0.0650 e. The van der Waals surface area contributed by atoms with Gasteiger partial charge in [0.05, 0.1) is 11.7 Å². The van der Waals surface area contributed by atoms with Crippen molar-refractivity contribution in [2.45, 2.75) is 0 Å². The molecular formula is C12H6CrN2O5. The maximum atomic E-state index is 7.50. The SMILES string of the molecule is [C-]#[O+].[C-]#[O+].[C-]#[O+].[C-]#[O+].[C-]#[O+].[Cr].c1ccc2[nH]ncc2c1. The molecule has 0 aliphatic carbocycles. The van der Waals surface area contributed by atoms with Crippen molar-refractivity contribution >= 4 is 10.9 Å². The minimum Gasteiger partial charge on any atom is -0.278 e. The summed E-state index contributed by atoms with van der Waals surface area (Å²) in [5.41, 5.74) is 1.09. The molecule has 1 aromatic carbocycles. The minimum absolute atomic E-state index is 0. The number of fused-ring (bicyclic) bond motifs is 1. The van der Waals surface area contributed by atoms with Crippen molar-refractivity contribution < 1.29 is 40.6 Å². The number of aromatic amines is 1. The molecule has 0 amide bonds. The van der Waals surface area contributed by atoms with Gasteiger partial charge in [0.2, 0.25) is 0 Å². The number of hydrogen-bond acceptors (Lipinski definition) is 1. The molecule has 1 aromatic heterocycles. The molecule has 1 heterocycles. The van der Waals surface area contributed by atoms with Crippen LogP contribution in [0.15, 0.2) is 30.5 Å². The quantitative estimate of drug-likeness (QED) is 0.572. The van der Waals surface area contributed by atoms with Gasteiger partial charge in [-0.25, -0.2) is 0 Å². The summed E-state index contributed by atoms with van der Waals surface area (Å²) >= 11 is 0. The molecule has 0 bridgehead atoms.